The highest BCUT2D eigenvalue weighted by Gasteiger charge is 2.26. The molecule has 1 aliphatic rings. The Kier molecular flexibility index (Phi) is 5.26. The molecule has 0 unspecified atom stereocenters. The summed E-state index contributed by atoms with van der Waals surface area (Å²) in [6.07, 6.45) is 0. The van der Waals surface area contributed by atoms with Gasteiger partial charge in [-0.25, -0.2) is 4.39 Å². The third-order valence-electron chi connectivity index (χ3n) is 5.45. The van der Waals surface area contributed by atoms with Crippen LogP contribution in [-0.4, -0.2) is 43.0 Å². The number of hydrogen-bond acceptors (Lipinski definition) is 3. The second kappa shape index (κ2) is 7.98. The number of piperazine rings is 1. The first kappa shape index (κ1) is 18.4. The van der Waals surface area contributed by atoms with Crippen LogP contribution in [0.2, 0.25) is 0 Å². The first-order valence-corrected chi connectivity index (χ1v) is 9.65. The Hall–Kier alpha value is -2.92. The van der Waals surface area contributed by atoms with Gasteiger partial charge in [-0.2, -0.15) is 0 Å². The van der Waals surface area contributed by atoms with Crippen molar-refractivity contribution in [2.45, 2.75) is 13.0 Å². The van der Waals surface area contributed by atoms with E-state index in [-0.39, 0.29) is 17.8 Å². The topological polar surface area (TPSA) is 35.6 Å². The van der Waals surface area contributed by atoms with Crippen molar-refractivity contribution in [1.82, 2.24) is 4.90 Å². The molecule has 5 heteroatoms. The van der Waals surface area contributed by atoms with E-state index in [1.807, 2.05) is 54.3 Å². The number of rotatable bonds is 4. The number of carbonyl (C=O) groups excluding carboxylic acids is 1. The molecule has 0 spiro atoms. The van der Waals surface area contributed by atoms with Gasteiger partial charge in [0.2, 0.25) is 5.91 Å². The normalized spacial score (nSPS) is 16.1. The molecule has 1 heterocycles. The Bertz CT molecular complexity index is 982. The van der Waals surface area contributed by atoms with Gasteiger partial charge in [-0.3, -0.25) is 9.69 Å². The maximum atomic E-state index is 14.0. The standard InChI is InChI=1S/C23H24FN3O/c1-17(23(28)25-20-11-10-18-6-2-3-7-19(18)16-20)26-12-14-27(15-13-26)22-9-5-4-8-21(22)24/h2-11,16-17H,12-15H2,1H3,(H,25,28)/t17-/m1/s1. The lowest BCUT2D eigenvalue weighted by molar-refractivity contribution is -0.120. The zero-order valence-electron chi connectivity index (χ0n) is 15.9. The highest BCUT2D eigenvalue weighted by molar-refractivity contribution is 5.97. The number of amides is 1. The van der Waals surface area contributed by atoms with Gasteiger partial charge in [0.1, 0.15) is 5.82 Å². The summed E-state index contributed by atoms with van der Waals surface area (Å²) in [5, 5.41) is 5.28. The van der Waals surface area contributed by atoms with Crippen LogP contribution in [-0.2, 0) is 4.79 Å². The third-order valence-corrected chi connectivity index (χ3v) is 5.45. The lowest BCUT2D eigenvalue weighted by Gasteiger charge is -2.38. The molecule has 1 saturated heterocycles. The third kappa shape index (κ3) is 3.85. The molecular formula is C23H24FN3O. The van der Waals surface area contributed by atoms with Crippen LogP contribution in [0.4, 0.5) is 15.8 Å². The minimum Gasteiger partial charge on any atom is -0.367 e. The Morgan fingerprint density at radius 3 is 2.36 bits per heavy atom. The van der Waals surface area contributed by atoms with E-state index >= 15 is 0 Å². The van der Waals surface area contributed by atoms with E-state index in [2.05, 4.69) is 16.3 Å². The number of anilines is 2. The number of fused-ring (bicyclic) bond motifs is 1. The van der Waals surface area contributed by atoms with Crippen molar-refractivity contribution < 1.29 is 9.18 Å². The van der Waals surface area contributed by atoms with E-state index in [4.69, 9.17) is 0 Å². The summed E-state index contributed by atoms with van der Waals surface area (Å²) in [5.41, 5.74) is 1.44. The Labute approximate surface area is 164 Å². The summed E-state index contributed by atoms with van der Waals surface area (Å²) in [4.78, 5) is 16.9. The van der Waals surface area contributed by atoms with Gasteiger partial charge in [0, 0.05) is 31.9 Å². The fourth-order valence-corrected chi connectivity index (χ4v) is 3.74. The average Bonchev–Trinajstić information content (AvgIpc) is 2.73. The fourth-order valence-electron chi connectivity index (χ4n) is 3.74. The summed E-state index contributed by atoms with van der Waals surface area (Å²) >= 11 is 0. The van der Waals surface area contributed by atoms with Crippen LogP contribution in [0, 0.1) is 5.82 Å². The molecule has 1 atom stereocenters. The van der Waals surface area contributed by atoms with Crippen molar-refractivity contribution in [3.05, 3.63) is 72.5 Å². The first-order valence-electron chi connectivity index (χ1n) is 9.65. The molecule has 1 fully saturated rings. The zero-order chi connectivity index (χ0) is 19.5. The number of benzene rings is 3. The number of carbonyl (C=O) groups is 1. The van der Waals surface area contributed by atoms with E-state index < -0.39 is 0 Å². The quantitative estimate of drug-likeness (QED) is 0.743. The van der Waals surface area contributed by atoms with Crippen LogP contribution < -0.4 is 10.2 Å². The molecule has 4 rings (SSSR count). The number of para-hydroxylation sites is 1. The summed E-state index contributed by atoms with van der Waals surface area (Å²) in [6, 6.07) is 20.6. The summed E-state index contributed by atoms with van der Waals surface area (Å²) in [5.74, 6) is -0.215. The molecular weight excluding hydrogens is 353 g/mol. The Morgan fingerprint density at radius 1 is 0.929 bits per heavy atom. The molecule has 1 N–H and O–H groups in total. The van der Waals surface area contributed by atoms with E-state index in [0.29, 0.717) is 18.8 Å². The van der Waals surface area contributed by atoms with Gasteiger partial charge < -0.3 is 10.2 Å². The highest BCUT2D eigenvalue weighted by atomic mass is 19.1. The molecule has 0 aromatic heterocycles. The maximum absolute atomic E-state index is 14.0. The highest BCUT2D eigenvalue weighted by Crippen LogP contribution is 2.22. The molecule has 28 heavy (non-hydrogen) atoms. The van der Waals surface area contributed by atoms with Crippen molar-refractivity contribution in [2.75, 3.05) is 36.4 Å². The maximum Gasteiger partial charge on any atom is 0.241 e. The lowest BCUT2D eigenvalue weighted by atomic mass is 10.1. The largest absolute Gasteiger partial charge is 0.367 e. The molecule has 4 nitrogen and oxygen atoms in total. The SMILES string of the molecule is C[C@H](C(=O)Nc1ccc2ccccc2c1)N1CCN(c2ccccc2F)CC1. The Balaban J connectivity index is 1.37. The summed E-state index contributed by atoms with van der Waals surface area (Å²) in [6.45, 7) is 4.78. The molecule has 3 aromatic carbocycles. The van der Waals surface area contributed by atoms with Crippen LogP contribution in [0.25, 0.3) is 10.8 Å². The van der Waals surface area contributed by atoms with Crippen LogP contribution >= 0.6 is 0 Å². The predicted octanol–water partition coefficient (Wildman–Crippen LogP) is 4.13. The number of nitrogens with one attached hydrogen (secondary N) is 1. The molecule has 1 amide bonds. The van der Waals surface area contributed by atoms with Gasteiger partial charge >= 0.3 is 0 Å². The molecule has 0 radical (unpaired) electrons. The predicted molar refractivity (Wildman–Crippen MR) is 112 cm³/mol. The van der Waals surface area contributed by atoms with Gasteiger partial charge in [0.15, 0.2) is 0 Å². The number of hydrogen-bond donors (Lipinski definition) is 1. The van der Waals surface area contributed by atoms with Crippen LogP contribution in [0.3, 0.4) is 0 Å². The number of halogens is 1. The Morgan fingerprint density at radius 2 is 1.61 bits per heavy atom. The smallest absolute Gasteiger partial charge is 0.241 e. The monoisotopic (exact) mass is 377 g/mol. The first-order chi connectivity index (χ1) is 13.6. The average molecular weight is 377 g/mol. The lowest BCUT2D eigenvalue weighted by Crippen LogP contribution is -2.53. The van der Waals surface area contributed by atoms with Crippen molar-refractivity contribution in [3.63, 3.8) is 0 Å². The molecule has 144 valence electrons. The van der Waals surface area contributed by atoms with Crippen molar-refractivity contribution in [1.29, 1.82) is 0 Å². The van der Waals surface area contributed by atoms with Gasteiger partial charge in [-0.15, -0.1) is 0 Å². The molecule has 0 saturated carbocycles. The minimum atomic E-state index is -0.241. The van der Waals surface area contributed by atoms with E-state index in [0.717, 1.165) is 29.5 Å². The fraction of sp³-hybridized carbons (Fsp3) is 0.261. The van der Waals surface area contributed by atoms with E-state index in [9.17, 15) is 9.18 Å². The van der Waals surface area contributed by atoms with Crippen LogP contribution in [0.5, 0.6) is 0 Å². The van der Waals surface area contributed by atoms with Crippen molar-refractivity contribution in [3.8, 4) is 0 Å². The van der Waals surface area contributed by atoms with E-state index in [1.54, 1.807) is 12.1 Å². The van der Waals surface area contributed by atoms with Crippen LogP contribution in [0.1, 0.15) is 6.92 Å². The zero-order valence-corrected chi connectivity index (χ0v) is 15.9. The minimum absolute atomic E-state index is 0.0189. The summed E-state index contributed by atoms with van der Waals surface area (Å²) in [7, 11) is 0. The van der Waals surface area contributed by atoms with Crippen LogP contribution in [0.15, 0.2) is 66.7 Å². The van der Waals surface area contributed by atoms with Crippen molar-refractivity contribution >= 4 is 28.1 Å². The van der Waals surface area contributed by atoms with Gasteiger partial charge in [-0.1, -0.05) is 42.5 Å². The number of nitrogens with zero attached hydrogens (tertiary/aromatic N) is 2. The van der Waals surface area contributed by atoms with E-state index in [1.165, 1.54) is 6.07 Å². The molecule has 3 aromatic rings. The molecule has 0 bridgehead atoms. The van der Waals surface area contributed by atoms with Gasteiger partial charge in [0.05, 0.1) is 11.7 Å². The second-order valence-corrected chi connectivity index (χ2v) is 7.20. The second-order valence-electron chi connectivity index (χ2n) is 7.20. The molecule has 1 aliphatic heterocycles. The van der Waals surface area contributed by atoms with Gasteiger partial charge in [0.25, 0.3) is 0 Å². The van der Waals surface area contributed by atoms with Crippen molar-refractivity contribution in [2.24, 2.45) is 0 Å². The summed E-state index contributed by atoms with van der Waals surface area (Å²) < 4.78 is 14.0. The van der Waals surface area contributed by atoms with Gasteiger partial charge in [-0.05, 0) is 42.0 Å². The molecule has 0 aliphatic carbocycles.